The molecule has 0 bridgehead atoms. The van der Waals surface area contributed by atoms with Crippen LogP contribution in [0.15, 0.2) is 71.3 Å². The van der Waals surface area contributed by atoms with Crippen molar-refractivity contribution >= 4 is 12.0 Å². The first-order valence-corrected chi connectivity index (χ1v) is 11.5. The Morgan fingerprint density at radius 1 is 1.00 bits per heavy atom. The number of aryl methyl sites for hydroxylation is 1. The maximum absolute atomic E-state index is 13.4. The van der Waals surface area contributed by atoms with Gasteiger partial charge in [0.05, 0.1) is 12.2 Å². The number of alkyl carbamates (subject to hydrolysis) is 1. The van der Waals surface area contributed by atoms with Crippen LogP contribution in [0.1, 0.15) is 22.6 Å². The quantitative estimate of drug-likeness (QED) is 0.553. The van der Waals surface area contributed by atoms with Crippen molar-refractivity contribution in [1.82, 2.24) is 20.3 Å². The molecule has 3 aromatic rings. The molecule has 0 radical (unpaired) electrons. The van der Waals surface area contributed by atoms with Crippen LogP contribution in [0.4, 0.5) is 4.79 Å². The molecule has 1 atom stereocenters. The Hall–Kier alpha value is -3.65. The van der Waals surface area contributed by atoms with Gasteiger partial charge in [-0.3, -0.25) is 9.69 Å². The Morgan fingerprint density at radius 2 is 1.65 bits per heavy atom. The second-order valence-corrected chi connectivity index (χ2v) is 8.48. The van der Waals surface area contributed by atoms with E-state index in [9.17, 15) is 9.59 Å². The fourth-order valence-electron chi connectivity index (χ4n) is 4.01. The van der Waals surface area contributed by atoms with E-state index in [0.717, 1.165) is 35.7 Å². The monoisotopic (exact) mass is 462 g/mol. The summed E-state index contributed by atoms with van der Waals surface area (Å²) in [7, 11) is 0. The van der Waals surface area contributed by atoms with Gasteiger partial charge in [0.25, 0.3) is 0 Å². The van der Waals surface area contributed by atoms with Crippen molar-refractivity contribution in [2.24, 2.45) is 0 Å². The van der Waals surface area contributed by atoms with Crippen LogP contribution in [0.3, 0.4) is 0 Å². The highest BCUT2D eigenvalue weighted by Crippen LogP contribution is 2.13. The van der Waals surface area contributed by atoms with Gasteiger partial charge in [0.15, 0.2) is 5.76 Å². The van der Waals surface area contributed by atoms with E-state index in [0.29, 0.717) is 26.1 Å². The highest BCUT2D eigenvalue weighted by Gasteiger charge is 2.29. The van der Waals surface area contributed by atoms with Crippen LogP contribution in [0, 0.1) is 6.92 Å². The number of amides is 2. The molecule has 1 aromatic heterocycles. The van der Waals surface area contributed by atoms with E-state index in [2.05, 4.69) is 15.4 Å². The molecule has 1 N–H and O–H groups in total. The van der Waals surface area contributed by atoms with Crippen molar-refractivity contribution in [3.05, 3.63) is 89.3 Å². The Bertz CT molecular complexity index is 1060. The van der Waals surface area contributed by atoms with Gasteiger partial charge in [0.1, 0.15) is 12.6 Å². The number of carbonyl (C=O) groups is 2. The minimum absolute atomic E-state index is 0.101. The van der Waals surface area contributed by atoms with E-state index in [1.165, 1.54) is 0 Å². The molecule has 1 aliphatic rings. The first-order valence-electron chi connectivity index (χ1n) is 11.5. The number of ether oxygens (including phenoxy) is 1. The summed E-state index contributed by atoms with van der Waals surface area (Å²) < 4.78 is 10.7. The van der Waals surface area contributed by atoms with Gasteiger partial charge in [-0.2, -0.15) is 0 Å². The fraction of sp³-hybridized carbons (Fsp3) is 0.346. The standard InChI is InChI=1S/C26H30N4O4/c1-20-16-23(34-28-20)18-29-12-14-30(15-13-29)25(31)24(17-21-8-4-2-5-9-21)27-26(32)33-19-22-10-6-3-7-11-22/h2-11,16,24H,12-15,17-19H2,1H3,(H,27,32). The lowest BCUT2D eigenvalue weighted by atomic mass is 10.0. The zero-order valence-electron chi connectivity index (χ0n) is 19.4. The Labute approximate surface area is 199 Å². The first-order chi connectivity index (χ1) is 16.6. The molecular weight excluding hydrogens is 432 g/mol. The average molecular weight is 463 g/mol. The predicted molar refractivity (Wildman–Crippen MR) is 127 cm³/mol. The van der Waals surface area contributed by atoms with Gasteiger partial charge in [-0.1, -0.05) is 65.8 Å². The molecular formula is C26H30N4O4. The molecule has 4 rings (SSSR count). The number of hydrogen-bond donors (Lipinski definition) is 1. The van der Waals surface area contributed by atoms with Gasteiger partial charge in [-0.05, 0) is 18.1 Å². The molecule has 2 heterocycles. The summed E-state index contributed by atoms with van der Waals surface area (Å²) in [6.07, 6.45) is -0.199. The van der Waals surface area contributed by atoms with Crippen molar-refractivity contribution in [3.8, 4) is 0 Å². The van der Waals surface area contributed by atoms with Crippen LogP contribution < -0.4 is 5.32 Å². The van der Waals surface area contributed by atoms with Crippen LogP contribution in [0.5, 0.6) is 0 Å². The first kappa shape index (κ1) is 23.5. The lowest BCUT2D eigenvalue weighted by Crippen LogP contribution is -2.55. The summed E-state index contributed by atoms with van der Waals surface area (Å²) in [4.78, 5) is 30.0. The van der Waals surface area contributed by atoms with Crippen molar-refractivity contribution < 1.29 is 18.8 Å². The van der Waals surface area contributed by atoms with E-state index >= 15 is 0 Å². The molecule has 1 unspecified atom stereocenters. The Balaban J connectivity index is 1.35. The van der Waals surface area contributed by atoms with Crippen molar-refractivity contribution in [2.75, 3.05) is 26.2 Å². The van der Waals surface area contributed by atoms with Crippen LogP contribution in [-0.2, 0) is 29.1 Å². The van der Waals surface area contributed by atoms with Gasteiger partial charge in [-0.15, -0.1) is 0 Å². The van der Waals surface area contributed by atoms with Crippen LogP contribution in [0.2, 0.25) is 0 Å². The van der Waals surface area contributed by atoms with Crippen LogP contribution in [-0.4, -0.2) is 59.2 Å². The van der Waals surface area contributed by atoms with Crippen LogP contribution in [0.25, 0.3) is 0 Å². The highest BCUT2D eigenvalue weighted by molar-refractivity contribution is 5.86. The number of nitrogens with zero attached hydrogens (tertiary/aromatic N) is 3. The number of benzene rings is 2. The van der Waals surface area contributed by atoms with E-state index in [-0.39, 0.29) is 12.5 Å². The molecule has 2 amide bonds. The summed E-state index contributed by atoms with van der Waals surface area (Å²) in [5.74, 6) is 0.720. The minimum atomic E-state index is -0.700. The number of carbonyl (C=O) groups excluding carboxylic acids is 2. The maximum atomic E-state index is 13.4. The van der Waals surface area contributed by atoms with E-state index < -0.39 is 12.1 Å². The van der Waals surface area contributed by atoms with E-state index in [1.807, 2.05) is 78.6 Å². The molecule has 2 aromatic carbocycles. The van der Waals surface area contributed by atoms with Crippen molar-refractivity contribution in [3.63, 3.8) is 0 Å². The van der Waals surface area contributed by atoms with Crippen molar-refractivity contribution in [2.45, 2.75) is 32.5 Å². The zero-order valence-corrected chi connectivity index (χ0v) is 19.4. The smallest absolute Gasteiger partial charge is 0.408 e. The average Bonchev–Trinajstić information content (AvgIpc) is 3.28. The van der Waals surface area contributed by atoms with Gasteiger partial charge in [0, 0.05) is 38.7 Å². The molecule has 1 saturated heterocycles. The number of rotatable bonds is 8. The van der Waals surface area contributed by atoms with Gasteiger partial charge in [0.2, 0.25) is 5.91 Å². The molecule has 0 spiro atoms. The predicted octanol–water partition coefficient (Wildman–Crippen LogP) is 3.16. The van der Waals surface area contributed by atoms with Gasteiger partial charge in [-0.25, -0.2) is 4.79 Å². The summed E-state index contributed by atoms with van der Waals surface area (Å²) in [5.41, 5.74) is 2.72. The molecule has 0 aliphatic carbocycles. The molecule has 178 valence electrons. The summed E-state index contributed by atoms with van der Waals surface area (Å²) in [6.45, 7) is 5.33. The Kier molecular flexibility index (Phi) is 7.93. The van der Waals surface area contributed by atoms with Gasteiger partial charge >= 0.3 is 6.09 Å². The SMILES string of the molecule is Cc1cc(CN2CCN(C(=O)C(Cc3ccccc3)NC(=O)OCc3ccccc3)CC2)on1. The fourth-order valence-corrected chi connectivity index (χ4v) is 4.01. The van der Waals surface area contributed by atoms with Crippen LogP contribution >= 0.6 is 0 Å². The topological polar surface area (TPSA) is 87.9 Å². The second-order valence-electron chi connectivity index (χ2n) is 8.48. The molecule has 1 fully saturated rings. The normalized spacial score (nSPS) is 15.0. The molecule has 34 heavy (non-hydrogen) atoms. The maximum Gasteiger partial charge on any atom is 0.408 e. The van der Waals surface area contributed by atoms with Gasteiger partial charge < -0.3 is 19.5 Å². The third-order valence-electron chi connectivity index (χ3n) is 5.83. The van der Waals surface area contributed by atoms with E-state index in [1.54, 1.807) is 0 Å². The highest BCUT2D eigenvalue weighted by atomic mass is 16.5. The third kappa shape index (κ3) is 6.68. The lowest BCUT2D eigenvalue weighted by molar-refractivity contribution is -0.135. The van der Waals surface area contributed by atoms with E-state index in [4.69, 9.17) is 9.26 Å². The summed E-state index contributed by atoms with van der Waals surface area (Å²) >= 11 is 0. The molecule has 8 nitrogen and oxygen atoms in total. The summed E-state index contributed by atoms with van der Waals surface area (Å²) in [5, 5.41) is 6.73. The zero-order chi connectivity index (χ0) is 23.8. The number of hydrogen-bond acceptors (Lipinski definition) is 6. The number of nitrogens with one attached hydrogen (secondary N) is 1. The van der Waals surface area contributed by atoms with Crippen molar-refractivity contribution in [1.29, 1.82) is 0 Å². The molecule has 0 saturated carbocycles. The summed E-state index contributed by atoms with van der Waals surface area (Å²) in [6, 6.07) is 20.4. The molecule has 1 aliphatic heterocycles. The lowest BCUT2D eigenvalue weighted by Gasteiger charge is -2.36. The number of aromatic nitrogens is 1. The second kappa shape index (κ2) is 11.5. The third-order valence-corrected chi connectivity index (χ3v) is 5.83. The largest absolute Gasteiger partial charge is 0.445 e. The minimum Gasteiger partial charge on any atom is -0.445 e. The number of piperazine rings is 1. The molecule has 8 heteroatoms. The Morgan fingerprint density at radius 3 is 2.26 bits per heavy atom.